The maximum Gasteiger partial charge on any atom is 0.261 e. The fraction of sp³-hybridized carbons (Fsp3) is 0.143. The Hall–Kier alpha value is -3.74. The van der Waals surface area contributed by atoms with E-state index in [2.05, 4.69) is 15.3 Å². The molecule has 0 radical (unpaired) electrons. The first-order valence-electron chi connectivity index (χ1n) is 8.93. The maximum absolute atomic E-state index is 12.5. The Morgan fingerprint density at radius 1 is 1.11 bits per heavy atom. The Bertz CT molecular complexity index is 1160. The van der Waals surface area contributed by atoms with Gasteiger partial charge in [0.1, 0.15) is 6.54 Å². The molecule has 7 nitrogen and oxygen atoms in total. The van der Waals surface area contributed by atoms with E-state index >= 15 is 0 Å². The molecule has 0 saturated carbocycles. The molecular weight excluding hydrogens is 354 g/mol. The predicted octanol–water partition coefficient (Wildman–Crippen LogP) is 2.46. The monoisotopic (exact) mass is 373 g/mol. The normalized spacial score (nSPS) is 12.0. The van der Waals surface area contributed by atoms with Crippen LogP contribution in [0.15, 0.2) is 78.4 Å². The molecule has 2 heterocycles. The topological polar surface area (TPSA) is 81.8 Å². The number of benzene rings is 2. The summed E-state index contributed by atoms with van der Waals surface area (Å²) in [6.07, 6.45) is 6.74. The highest BCUT2D eigenvalue weighted by molar-refractivity contribution is 5.79. The fourth-order valence-corrected chi connectivity index (χ4v) is 3.09. The van der Waals surface area contributed by atoms with Crippen molar-refractivity contribution in [1.29, 1.82) is 0 Å². The van der Waals surface area contributed by atoms with Crippen LogP contribution in [0.5, 0.6) is 0 Å². The summed E-state index contributed by atoms with van der Waals surface area (Å²) in [6, 6.07) is 14.8. The van der Waals surface area contributed by atoms with Crippen molar-refractivity contribution in [3.05, 3.63) is 89.5 Å². The molecule has 1 atom stereocenters. The minimum absolute atomic E-state index is 0.0753. The summed E-state index contributed by atoms with van der Waals surface area (Å²) in [5.41, 5.74) is 2.36. The summed E-state index contributed by atoms with van der Waals surface area (Å²) in [5, 5.41) is 3.43. The molecule has 2 aromatic carbocycles. The minimum Gasteiger partial charge on any atom is -0.348 e. The Kier molecular flexibility index (Phi) is 4.72. The smallest absolute Gasteiger partial charge is 0.261 e. The first-order valence-corrected chi connectivity index (χ1v) is 8.93. The summed E-state index contributed by atoms with van der Waals surface area (Å²) >= 11 is 0. The van der Waals surface area contributed by atoms with Crippen LogP contribution in [-0.2, 0) is 11.3 Å². The number of nitrogens with one attached hydrogen (secondary N) is 1. The van der Waals surface area contributed by atoms with Crippen LogP contribution in [0.4, 0.5) is 0 Å². The molecule has 0 saturated heterocycles. The van der Waals surface area contributed by atoms with Gasteiger partial charge in [-0.05, 0) is 36.8 Å². The average molecular weight is 373 g/mol. The summed E-state index contributed by atoms with van der Waals surface area (Å²) in [4.78, 5) is 33.2. The zero-order valence-corrected chi connectivity index (χ0v) is 15.3. The Balaban J connectivity index is 1.45. The van der Waals surface area contributed by atoms with Crippen LogP contribution in [0, 0.1) is 0 Å². The van der Waals surface area contributed by atoms with E-state index < -0.39 is 0 Å². The number of carbonyl (C=O) groups excluding carboxylic acids is 1. The van der Waals surface area contributed by atoms with E-state index in [0.717, 1.165) is 11.3 Å². The zero-order valence-electron chi connectivity index (χ0n) is 15.3. The predicted molar refractivity (Wildman–Crippen MR) is 106 cm³/mol. The van der Waals surface area contributed by atoms with Crippen LogP contribution in [0.2, 0.25) is 0 Å². The molecule has 0 aliphatic heterocycles. The standard InChI is InChI=1S/C21H19N5O2/c1-15(16-6-8-17(9-7-16)25-11-10-22-13-25)24-20(27)12-26-14-23-19-5-3-2-4-18(19)21(26)28/h2-11,13-15H,12H2,1H3,(H,24,27)/t15-/m1/s1. The third-order valence-corrected chi connectivity index (χ3v) is 4.62. The molecule has 7 heteroatoms. The Morgan fingerprint density at radius 2 is 1.89 bits per heavy atom. The number of hydrogen-bond donors (Lipinski definition) is 1. The van der Waals surface area contributed by atoms with E-state index in [4.69, 9.17) is 0 Å². The second kappa shape index (κ2) is 7.48. The lowest BCUT2D eigenvalue weighted by molar-refractivity contribution is -0.122. The highest BCUT2D eigenvalue weighted by atomic mass is 16.2. The highest BCUT2D eigenvalue weighted by Crippen LogP contribution is 2.15. The van der Waals surface area contributed by atoms with Gasteiger partial charge in [0.25, 0.3) is 5.56 Å². The molecule has 0 fully saturated rings. The quantitative estimate of drug-likeness (QED) is 0.583. The summed E-state index contributed by atoms with van der Waals surface area (Å²) < 4.78 is 3.23. The van der Waals surface area contributed by atoms with E-state index in [1.54, 1.807) is 30.7 Å². The molecule has 0 bridgehead atoms. The van der Waals surface area contributed by atoms with Gasteiger partial charge >= 0.3 is 0 Å². The van der Waals surface area contributed by atoms with Crippen LogP contribution in [0.1, 0.15) is 18.5 Å². The van der Waals surface area contributed by atoms with Crippen LogP contribution in [0.25, 0.3) is 16.6 Å². The van der Waals surface area contributed by atoms with Crippen LogP contribution in [0.3, 0.4) is 0 Å². The lowest BCUT2D eigenvalue weighted by Crippen LogP contribution is -2.34. The average Bonchev–Trinajstić information content (AvgIpc) is 3.25. The van der Waals surface area contributed by atoms with Crippen molar-refractivity contribution in [1.82, 2.24) is 24.4 Å². The molecule has 2 aromatic heterocycles. The van der Waals surface area contributed by atoms with Crippen molar-refractivity contribution < 1.29 is 4.79 Å². The number of hydrogen-bond acceptors (Lipinski definition) is 4. The van der Waals surface area contributed by atoms with Crippen molar-refractivity contribution in [2.45, 2.75) is 19.5 Å². The van der Waals surface area contributed by atoms with Crippen molar-refractivity contribution in [3.8, 4) is 5.69 Å². The molecule has 0 aliphatic carbocycles. The third kappa shape index (κ3) is 3.55. The minimum atomic E-state index is -0.245. The SMILES string of the molecule is C[C@@H](NC(=O)Cn1cnc2ccccc2c1=O)c1ccc(-n2ccnc2)cc1. The summed E-state index contributed by atoms with van der Waals surface area (Å²) in [6.45, 7) is 1.83. The van der Waals surface area contributed by atoms with E-state index in [-0.39, 0.29) is 24.1 Å². The third-order valence-electron chi connectivity index (χ3n) is 4.62. The number of fused-ring (bicyclic) bond motifs is 1. The van der Waals surface area contributed by atoms with E-state index in [0.29, 0.717) is 10.9 Å². The number of carbonyl (C=O) groups is 1. The Labute approximate surface area is 161 Å². The highest BCUT2D eigenvalue weighted by Gasteiger charge is 2.12. The van der Waals surface area contributed by atoms with Crippen molar-refractivity contribution >= 4 is 16.8 Å². The van der Waals surface area contributed by atoms with Gasteiger partial charge in [-0.15, -0.1) is 0 Å². The fourth-order valence-electron chi connectivity index (χ4n) is 3.09. The van der Waals surface area contributed by atoms with Crippen molar-refractivity contribution in [2.75, 3.05) is 0 Å². The van der Waals surface area contributed by atoms with Gasteiger partial charge in [0, 0.05) is 18.1 Å². The van der Waals surface area contributed by atoms with Crippen LogP contribution in [-0.4, -0.2) is 25.0 Å². The second-order valence-electron chi connectivity index (χ2n) is 6.55. The van der Waals surface area contributed by atoms with Gasteiger partial charge in [-0.2, -0.15) is 0 Å². The molecule has 1 amide bonds. The second-order valence-corrected chi connectivity index (χ2v) is 6.55. The number of imidazole rings is 1. The maximum atomic E-state index is 12.5. The van der Waals surface area contributed by atoms with E-state index in [1.807, 2.05) is 48.0 Å². The number of para-hydroxylation sites is 1. The molecule has 0 spiro atoms. The molecule has 1 N–H and O–H groups in total. The van der Waals surface area contributed by atoms with Gasteiger partial charge < -0.3 is 9.88 Å². The summed E-state index contributed by atoms with van der Waals surface area (Å²) in [5.74, 6) is -0.245. The molecule has 0 unspecified atom stereocenters. The summed E-state index contributed by atoms with van der Waals surface area (Å²) in [7, 11) is 0. The molecule has 4 aromatic rings. The molecule has 0 aliphatic rings. The molecular formula is C21H19N5O2. The number of amides is 1. The number of nitrogens with zero attached hydrogens (tertiary/aromatic N) is 4. The van der Waals surface area contributed by atoms with E-state index in [1.165, 1.54) is 10.9 Å². The molecule has 140 valence electrons. The largest absolute Gasteiger partial charge is 0.348 e. The van der Waals surface area contributed by atoms with Gasteiger partial charge in [0.2, 0.25) is 5.91 Å². The first kappa shape index (κ1) is 17.7. The van der Waals surface area contributed by atoms with Crippen LogP contribution < -0.4 is 10.9 Å². The Morgan fingerprint density at radius 3 is 2.64 bits per heavy atom. The number of aromatic nitrogens is 4. The zero-order chi connectivity index (χ0) is 19.5. The van der Waals surface area contributed by atoms with Crippen LogP contribution >= 0.6 is 0 Å². The van der Waals surface area contributed by atoms with Gasteiger partial charge in [-0.25, -0.2) is 9.97 Å². The number of rotatable bonds is 5. The van der Waals surface area contributed by atoms with Gasteiger partial charge in [0.15, 0.2) is 0 Å². The van der Waals surface area contributed by atoms with Gasteiger partial charge in [-0.1, -0.05) is 24.3 Å². The van der Waals surface area contributed by atoms with E-state index in [9.17, 15) is 9.59 Å². The first-order chi connectivity index (χ1) is 13.6. The van der Waals surface area contributed by atoms with Gasteiger partial charge in [0.05, 0.1) is 29.6 Å². The lowest BCUT2D eigenvalue weighted by atomic mass is 10.1. The molecule has 4 rings (SSSR count). The van der Waals surface area contributed by atoms with Gasteiger partial charge in [-0.3, -0.25) is 14.2 Å². The van der Waals surface area contributed by atoms with Crippen molar-refractivity contribution in [3.63, 3.8) is 0 Å². The van der Waals surface area contributed by atoms with Crippen molar-refractivity contribution in [2.24, 2.45) is 0 Å². The molecule has 28 heavy (non-hydrogen) atoms. The lowest BCUT2D eigenvalue weighted by Gasteiger charge is -2.15.